The molecule has 0 bridgehead atoms. The van der Waals surface area contributed by atoms with Gasteiger partial charge in [-0.15, -0.1) is 0 Å². The Morgan fingerprint density at radius 3 is 2.27 bits per heavy atom. The predicted molar refractivity (Wildman–Crippen MR) is 148 cm³/mol. The molecule has 190 valence electrons. The maximum atomic E-state index is 13.1. The fraction of sp³-hybridized carbons (Fsp3) is 0.179. The van der Waals surface area contributed by atoms with E-state index < -0.39 is 5.97 Å². The fourth-order valence-corrected chi connectivity index (χ4v) is 5.02. The van der Waals surface area contributed by atoms with Gasteiger partial charge in [-0.05, 0) is 60.0 Å². The zero-order valence-electron chi connectivity index (χ0n) is 20.6. The number of thioether (sulfide) groups is 1. The third-order valence-corrected chi connectivity index (χ3v) is 7.02. The third kappa shape index (κ3) is 6.12. The van der Waals surface area contributed by atoms with Gasteiger partial charge in [0, 0.05) is 6.54 Å². The maximum absolute atomic E-state index is 13.1. The molecular weight excluding hydrogens is 510 g/mol. The lowest BCUT2D eigenvalue weighted by atomic mass is 10.1. The second kappa shape index (κ2) is 11.9. The molecule has 4 rings (SSSR count). The number of esters is 1. The molecule has 0 atom stereocenters. The van der Waals surface area contributed by atoms with Crippen LogP contribution in [0.15, 0.2) is 71.6 Å². The third-order valence-electron chi connectivity index (χ3n) is 5.64. The van der Waals surface area contributed by atoms with Gasteiger partial charge in [0.2, 0.25) is 0 Å². The Balaban J connectivity index is 1.45. The molecule has 0 N–H and O–H groups in total. The van der Waals surface area contributed by atoms with Gasteiger partial charge in [0.15, 0.2) is 23.0 Å². The van der Waals surface area contributed by atoms with Crippen molar-refractivity contribution in [2.45, 2.75) is 6.42 Å². The standard InChI is InChI=1S/C28H25NO6S2/c1-32-21-11-9-18(15-23(21)33-2)13-14-29-26(30)25(37-28(29)36)17-19-10-12-22(24(16-19)34-3)35-27(31)20-7-5-4-6-8-20/h4-12,15-17H,13-14H2,1-3H3. The topological polar surface area (TPSA) is 74.3 Å². The Morgan fingerprint density at radius 2 is 1.57 bits per heavy atom. The molecule has 0 radical (unpaired) electrons. The van der Waals surface area contributed by atoms with E-state index in [-0.39, 0.29) is 11.7 Å². The average Bonchev–Trinajstić information content (AvgIpc) is 3.19. The number of rotatable bonds is 9. The molecule has 1 fully saturated rings. The van der Waals surface area contributed by atoms with Gasteiger partial charge in [-0.25, -0.2) is 4.79 Å². The minimum absolute atomic E-state index is 0.158. The van der Waals surface area contributed by atoms with Crippen molar-refractivity contribution in [3.05, 3.63) is 88.3 Å². The van der Waals surface area contributed by atoms with Gasteiger partial charge in [-0.2, -0.15) is 0 Å². The van der Waals surface area contributed by atoms with E-state index in [1.165, 1.54) is 18.9 Å². The van der Waals surface area contributed by atoms with Crippen LogP contribution >= 0.6 is 24.0 Å². The highest BCUT2D eigenvalue weighted by molar-refractivity contribution is 8.26. The summed E-state index contributed by atoms with van der Waals surface area (Å²) in [6.45, 7) is 0.440. The van der Waals surface area contributed by atoms with Gasteiger partial charge < -0.3 is 18.9 Å². The Bertz CT molecular complexity index is 1360. The van der Waals surface area contributed by atoms with Crippen LogP contribution in [0.4, 0.5) is 0 Å². The summed E-state index contributed by atoms with van der Waals surface area (Å²) < 4.78 is 22.1. The molecule has 3 aromatic carbocycles. The Labute approximate surface area is 225 Å². The molecule has 0 aromatic heterocycles. The highest BCUT2D eigenvalue weighted by Gasteiger charge is 2.31. The van der Waals surface area contributed by atoms with Crippen molar-refractivity contribution in [3.63, 3.8) is 0 Å². The lowest BCUT2D eigenvalue weighted by Gasteiger charge is -2.15. The molecule has 0 unspecified atom stereocenters. The number of methoxy groups -OCH3 is 3. The smallest absolute Gasteiger partial charge is 0.343 e. The summed E-state index contributed by atoms with van der Waals surface area (Å²) >= 11 is 6.73. The van der Waals surface area contributed by atoms with Gasteiger partial charge in [0.25, 0.3) is 5.91 Å². The number of ether oxygens (including phenoxy) is 4. The van der Waals surface area contributed by atoms with E-state index in [2.05, 4.69) is 0 Å². The zero-order chi connectivity index (χ0) is 26.4. The van der Waals surface area contributed by atoms with Crippen LogP contribution in [0.2, 0.25) is 0 Å². The number of carbonyl (C=O) groups excluding carboxylic acids is 2. The maximum Gasteiger partial charge on any atom is 0.343 e. The van der Waals surface area contributed by atoms with E-state index in [4.69, 9.17) is 31.2 Å². The molecule has 37 heavy (non-hydrogen) atoms. The molecule has 7 nitrogen and oxygen atoms in total. The van der Waals surface area contributed by atoms with Crippen LogP contribution in [0.25, 0.3) is 6.08 Å². The monoisotopic (exact) mass is 535 g/mol. The summed E-state index contributed by atoms with van der Waals surface area (Å²) in [5, 5.41) is 0. The second-order valence-electron chi connectivity index (χ2n) is 7.94. The Kier molecular flexibility index (Phi) is 8.47. The van der Waals surface area contributed by atoms with Crippen LogP contribution in [-0.4, -0.2) is 49.0 Å². The first-order valence-electron chi connectivity index (χ1n) is 11.3. The van der Waals surface area contributed by atoms with E-state index in [1.54, 1.807) is 67.7 Å². The van der Waals surface area contributed by atoms with Crippen LogP contribution in [0.5, 0.6) is 23.0 Å². The molecule has 0 saturated carbocycles. The SMILES string of the molecule is COc1ccc(CCN2C(=O)C(=Cc3ccc(OC(=O)c4ccccc4)c(OC)c3)SC2=S)cc1OC. The van der Waals surface area contributed by atoms with Gasteiger partial charge in [0.05, 0.1) is 31.8 Å². The number of benzene rings is 3. The van der Waals surface area contributed by atoms with Crippen molar-refractivity contribution in [2.24, 2.45) is 0 Å². The Morgan fingerprint density at radius 1 is 0.892 bits per heavy atom. The molecule has 1 saturated heterocycles. The minimum atomic E-state index is -0.484. The Hall–Kier alpha value is -3.82. The van der Waals surface area contributed by atoms with E-state index in [1.807, 2.05) is 24.3 Å². The van der Waals surface area contributed by atoms with E-state index in [0.717, 1.165) is 11.1 Å². The average molecular weight is 536 g/mol. The summed E-state index contributed by atoms with van der Waals surface area (Å²) in [7, 11) is 4.67. The summed E-state index contributed by atoms with van der Waals surface area (Å²) in [6.07, 6.45) is 2.36. The number of nitrogens with zero attached hydrogens (tertiary/aromatic N) is 1. The van der Waals surface area contributed by atoms with Crippen molar-refractivity contribution in [2.75, 3.05) is 27.9 Å². The van der Waals surface area contributed by atoms with Crippen molar-refractivity contribution in [1.82, 2.24) is 4.90 Å². The lowest BCUT2D eigenvalue weighted by Crippen LogP contribution is -2.30. The second-order valence-corrected chi connectivity index (χ2v) is 9.61. The normalized spacial score (nSPS) is 14.1. The molecule has 0 aliphatic carbocycles. The lowest BCUT2D eigenvalue weighted by molar-refractivity contribution is -0.122. The van der Waals surface area contributed by atoms with Crippen molar-refractivity contribution in [1.29, 1.82) is 0 Å². The summed E-state index contributed by atoms with van der Waals surface area (Å²) in [4.78, 5) is 27.6. The van der Waals surface area contributed by atoms with E-state index in [9.17, 15) is 9.59 Å². The van der Waals surface area contributed by atoms with Gasteiger partial charge in [0.1, 0.15) is 4.32 Å². The number of amides is 1. The molecule has 0 spiro atoms. The molecule has 1 heterocycles. The molecule has 1 amide bonds. The largest absolute Gasteiger partial charge is 0.493 e. The minimum Gasteiger partial charge on any atom is -0.493 e. The highest BCUT2D eigenvalue weighted by Crippen LogP contribution is 2.35. The van der Waals surface area contributed by atoms with E-state index in [0.29, 0.717) is 45.0 Å². The van der Waals surface area contributed by atoms with Gasteiger partial charge in [-0.1, -0.05) is 54.3 Å². The molecule has 9 heteroatoms. The van der Waals surface area contributed by atoms with Crippen LogP contribution in [0, 0.1) is 0 Å². The number of hydrogen-bond acceptors (Lipinski definition) is 8. The molecule has 1 aliphatic heterocycles. The molecule has 1 aliphatic rings. The molecule has 3 aromatic rings. The van der Waals surface area contributed by atoms with Crippen molar-refractivity contribution < 1.29 is 28.5 Å². The van der Waals surface area contributed by atoms with Gasteiger partial charge in [-0.3, -0.25) is 9.69 Å². The summed E-state index contributed by atoms with van der Waals surface area (Å²) in [5.41, 5.74) is 2.16. The first kappa shape index (κ1) is 26.2. The van der Waals surface area contributed by atoms with Crippen LogP contribution in [0.1, 0.15) is 21.5 Å². The predicted octanol–water partition coefficient (Wildman–Crippen LogP) is 5.38. The van der Waals surface area contributed by atoms with Crippen LogP contribution in [-0.2, 0) is 11.2 Å². The number of hydrogen-bond donors (Lipinski definition) is 0. The van der Waals surface area contributed by atoms with Gasteiger partial charge >= 0.3 is 5.97 Å². The first-order valence-corrected chi connectivity index (χ1v) is 12.6. The van der Waals surface area contributed by atoms with Crippen LogP contribution < -0.4 is 18.9 Å². The van der Waals surface area contributed by atoms with Crippen molar-refractivity contribution >= 4 is 46.3 Å². The van der Waals surface area contributed by atoms with Crippen molar-refractivity contribution in [3.8, 4) is 23.0 Å². The summed E-state index contributed by atoms with van der Waals surface area (Å²) in [6, 6.07) is 19.5. The highest BCUT2D eigenvalue weighted by atomic mass is 32.2. The first-order chi connectivity index (χ1) is 17.9. The zero-order valence-corrected chi connectivity index (χ0v) is 22.2. The number of thiocarbonyl (C=S) groups is 1. The number of carbonyl (C=O) groups is 2. The fourth-order valence-electron chi connectivity index (χ4n) is 3.71. The van der Waals surface area contributed by atoms with Crippen LogP contribution in [0.3, 0.4) is 0 Å². The quantitative estimate of drug-likeness (QED) is 0.157. The van der Waals surface area contributed by atoms with E-state index >= 15 is 0 Å². The molecular formula is C28H25NO6S2. The summed E-state index contributed by atoms with van der Waals surface area (Å²) in [5.74, 6) is 1.31.